The highest BCUT2D eigenvalue weighted by molar-refractivity contribution is 5.43. The van der Waals surface area contributed by atoms with Gasteiger partial charge in [-0.2, -0.15) is 4.98 Å². The van der Waals surface area contributed by atoms with Gasteiger partial charge in [0, 0.05) is 24.3 Å². The lowest BCUT2D eigenvalue weighted by Crippen LogP contribution is -2.09. The lowest BCUT2D eigenvalue weighted by molar-refractivity contribution is 0.740. The SMILES string of the molecule is CCCCCNc1nc(C)cc(NC2CC2)n1. The minimum atomic E-state index is 0.636. The summed E-state index contributed by atoms with van der Waals surface area (Å²) in [6, 6.07) is 2.65. The predicted molar refractivity (Wildman–Crippen MR) is 71.4 cm³/mol. The molecule has 0 unspecified atom stereocenters. The molecule has 0 bridgehead atoms. The van der Waals surface area contributed by atoms with E-state index in [1.54, 1.807) is 0 Å². The van der Waals surface area contributed by atoms with Gasteiger partial charge in [-0.3, -0.25) is 0 Å². The Morgan fingerprint density at radius 1 is 1.29 bits per heavy atom. The molecule has 17 heavy (non-hydrogen) atoms. The molecule has 1 saturated carbocycles. The van der Waals surface area contributed by atoms with E-state index in [0.29, 0.717) is 6.04 Å². The van der Waals surface area contributed by atoms with Crippen molar-refractivity contribution < 1.29 is 0 Å². The van der Waals surface area contributed by atoms with Gasteiger partial charge in [-0.25, -0.2) is 4.98 Å². The van der Waals surface area contributed by atoms with E-state index >= 15 is 0 Å². The first-order valence-electron chi connectivity index (χ1n) is 6.64. The Morgan fingerprint density at radius 3 is 2.82 bits per heavy atom. The quantitative estimate of drug-likeness (QED) is 0.712. The molecule has 0 radical (unpaired) electrons. The molecular formula is C13H22N4. The number of nitrogens with one attached hydrogen (secondary N) is 2. The van der Waals surface area contributed by atoms with Crippen molar-refractivity contribution in [3.63, 3.8) is 0 Å². The van der Waals surface area contributed by atoms with Crippen molar-refractivity contribution in [2.75, 3.05) is 17.2 Å². The first kappa shape index (κ1) is 12.1. The lowest BCUT2D eigenvalue weighted by atomic mass is 10.2. The summed E-state index contributed by atoms with van der Waals surface area (Å²) in [5.74, 6) is 1.71. The van der Waals surface area contributed by atoms with Crippen LogP contribution in [0.25, 0.3) is 0 Å². The Bertz CT molecular complexity index is 360. The lowest BCUT2D eigenvalue weighted by Gasteiger charge is -2.09. The van der Waals surface area contributed by atoms with Crippen molar-refractivity contribution in [3.05, 3.63) is 11.8 Å². The van der Waals surface area contributed by atoms with Crippen LogP contribution in [0.4, 0.5) is 11.8 Å². The second kappa shape index (κ2) is 5.84. The number of hydrogen-bond donors (Lipinski definition) is 2. The summed E-state index contributed by atoms with van der Waals surface area (Å²) in [5, 5.41) is 6.70. The first-order chi connectivity index (χ1) is 8.28. The van der Waals surface area contributed by atoms with E-state index in [0.717, 1.165) is 24.0 Å². The van der Waals surface area contributed by atoms with Crippen molar-refractivity contribution in [1.82, 2.24) is 9.97 Å². The monoisotopic (exact) mass is 234 g/mol. The van der Waals surface area contributed by atoms with Crippen LogP contribution < -0.4 is 10.6 Å². The van der Waals surface area contributed by atoms with Gasteiger partial charge in [0.15, 0.2) is 0 Å². The van der Waals surface area contributed by atoms with E-state index in [1.807, 2.05) is 13.0 Å². The maximum absolute atomic E-state index is 4.48. The summed E-state index contributed by atoms with van der Waals surface area (Å²) in [4.78, 5) is 8.87. The van der Waals surface area contributed by atoms with Crippen LogP contribution in [0.3, 0.4) is 0 Å². The van der Waals surface area contributed by atoms with Crippen LogP contribution in [0.5, 0.6) is 0 Å². The van der Waals surface area contributed by atoms with Gasteiger partial charge in [0.25, 0.3) is 0 Å². The molecule has 0 amide bonds. The van der Waals surface area contributed by atoms with E-state index in [9.17, 15) is 0 Å². The Morgan fingerprint density at radius 2 is 2.12 bits per heavy atom. The molecule has 0 atom stereocenters. The Balaban J connectivity index is 1.88. The summed E-state index contributed by atoms with van der Waals surface area (Å²) in [6.07, 6.45) is 6.21. The maximum Gasteiger partial charge on any atom is 0.224 e. The van der Waals surface area contributed by atoms with Crippen molar-refractivity contribution in [1.29, 1.82) is 0 Å². The molecule has 4 heteroatoms. The van der Waals surface area contributed by atoms with Gasteiger partial charge in [-0.1, -0.05) is 19.8 Å². The average molecular weight is 234 g/mol. The van der Waals surface area contributed by atoms with E-state index in [2.05, 4.69) is 27.5 Å². The molecule has 2 N–H and O–H groups in total. The fourth-order valence-electron chi connectivity index (χ4n) is 1.73. The molecule has 0 spiro atoms. The Kier molecular flexibility index (Phi) is 4.18. The van der Waals surface area contributed by atoms with Gasteiger partial charge in [0.2, 0.25) is 5.95 Å². The van der Waals surface area contributed by atoms with Crippen LogP contribution in [0.2, 0.25) is 0 Å². The number of unbranched alkanes of at least 4 members (excludes halogenated alkanes) is 2. The maximum atomic E-state index is 4.48. The second-order valence-corrected chi connectivity index (χ2v) is 4.77. The number of aromatic nitrogens is 2. The van der Waals surface area contributed by atoms with Crippen LogP contribution in [0.1, 0.15) is 44.7 Å². The normalized spacial score (nSPS) is 14.7. The molecule has 1 aromatic rings. The van der Waals surface area contributed by atoms with Crippen LogP contribution in [0.15, 0.2) is 6.07 Å². The highest BCUT2D eigenvalue weighted by atomic mass is 15.2. The largest absolute Gasteiger partial charge is 0.367 e. The minimum Gasteiger partial charge on any atom is -0.367 e. The zero-order valence-electron chi connectivity index (χ0n) is 10.8. The number of aryl methyl sites for hydroxylation is 1. The number of anilines is 2. The molecular weight excluding hydrogens is 212 g/mol. The molecule has 0 aliphatic heterocycles. The third kappa shape index (κ3) is 4.21. The predicted octanol–water partition coefficient (Wildman–Crippen LogP) is 2.96. The number of nitrogens with zero attached hydrogens (tertiary/aromatic N) is 2. The Hall–Kier alpha value is -1.32. The van der Waals surface area contributed by atoms with Crippen LogP contribution in [0, 0.1) is 6.92 Å². The number of hydrogen-bond acceptors (Lipinski definition) is 4. The molecule has 2 rings (SSSR count). The van der Waals surface area contributed by atoms with E-state index in [1.165, 1.54) is 32.1 Å². The molecule has 0 aromatic carbocycles. The average Bonchev–Trinajstić information content (AvgIpc) is 3.07. The van der Waals surface area contributed by atoms with Gasteiger partial charge >= 0.3 is 0 Å². The smallest absolute Gasteiger partial charge is 0.224 e. The van der Waals surface area contributed by atoms with Crippen LogP contribution >= 0.6 is 0 Å². The van der Waals surface area contributed by atoms with E-state index < -0.39 is 0 Å². The third-order valence-corrected chi connectivity index (χ3v) is 2.85. The van der Waals surface area contributed by atoms with Gasteiger partial charge < -0.3 is 10.6 Å². The summed E-state index contributed by atoms with van der Waals surface area (Å²) < 4.78 is 0. The minimum absolute atomic E-state index is 0.636. The summed E-state index contributed by atoms with van der Waals surface area (Å²) in [6.45, 7) is 5.18. The molecule has 1 heterocycles. The van der Waals surface area contributed by atoms with Gasteiger partial charge in [0.1, 0.15) is 5.82 Å². The molecule has 94 valence electrons. The van der Waals surface area contributed by atoms with Crippen LogP contribution in [-0.2, 0) is 0 Å². The summed E-state index contributed by atoms with van der Waals surface area (Å²) in [7, 11) is 0. The molecule has 1 aliphatic carbocycles. The highest BCUT2D eigenvalue weighted by Crippen LogP contribution is 2.24. The van der Waals surface area contributed by atoms with Crippen molar-refractivity contribution >= 4 is 11.8 Å². The molecule has 4 nitrogen and oxygen atoms in total. The van der Waals surface area contributed by atoms with Gasteiger partial charge in [-0.05, 0) is 26.2 Å². The zero-order valence-corrected chi connectivity index (χ0v) is 10.8. The first-order valence-corrected chi connectivity index (χ1v) is 6.64. The molecule has 1 aromatic heterocycles. The van der Waals surface area contributed by atoms with Gasteiger partial charge in [-0.15, -0.1) is 0 Å². The molecule has 0 saturated heterocycles. The summed E-state index contributed by atoms with van der Waals surface area (Å²) in [5.41, 5.74) is 1.01. The molecule has 1 fully saturated rings. The number of rotatable bonds is 7. The van der Waals surface area contributed by atoms with E-state index in [-0.39, 0.29) is 0 Å². The fourth-order valence-corrected chi connectivity index (χ4v) is 1.73. The fraction of sp³-hybridized carbons (Fsp3) is 0.692. The topological polar surface area (TPSA) is 49.8 Å². The van der Waals surface area contributed by atoms with E-state index in [4.69, 9.17) is 0 Å². The van der Waals surface area contributed by atoms with Crippen LogP contribution in [-0.4, -0.2) is 22.6 Å². The van der Waals surface area contributed by atoms with Crippen molar-refractivity contribution in [3.8, 4) is 0 Å². The zero-order chi connectivity index (χ0) is 12.1. The summed E-state index contributed by atoms with van der Waals surface area (Å²) >= 11 is 0. The Labute approximate surface area is 103 Å². The van der Waals surface area contributed by atoms with Gasteiger partial charge in [0.05, 0.1) is 0 Å². The standard InChI is InChI=1S/C13H22N4/c1-3-4-5-8-14-13-15-10(2)9-12(17-13)16-11-6-7-11/h9,11H,3-8H2,1-2H3,(H2,14,15,16,17). The second-order valence-electron chi connectivity index (χ2n) is 4.77. The third-order valence-electron chi connectivity index (χ3n) is 2.85. The van der Waals surface area contributed by atoms with Crippen molar-refractivity contribution in [2.45, 2.75) is 52.0 Å². The molecule has 1 aliphatic rings. The van der Waals surface area contributed by atoms with Crippen molar-refractivity contribution in [2.24, 2.45) is 0 Å². The highest BCUT2D eigenvalue weighted by Gasteiger charge is 2.21.